The predicted octanol–water partition coefficient (Wildman–Crippen LogP) is 2.26. The fourth-order valence-corrected chi connectivity index (χ4v) is 2.08. The monoisotopic (exact) mass is 257 g/mol. The maximum atomic E-state index is 5.58. The molecule has 1 aliphatic heterocycles. The summed E-state index contributed by atoms with van der Waals surface area (Å²) in [5.41, 5.74) is 2.86. The van der Waals surface area contributed by atoms with E-state index in [1.165, 1.54) is 0 Å². The number of nitrogens with one attached hydrogen (secondary N) is 1. The fourth-order valence-electron chi connectivity index (χ4n) is 2.08. The van der Waals surface area contributed by atoms with E-state index in [1.54, 1.807) is 0 Å². The molecule has 2 heterocycles. The normalized spacial score (nSPS) is 13.2. The summed E-state index contributed by atoms with van der Waals surface area (Å²) in [5.74, 6) is 2.34. The van der Waals surface area contributed by atoms with Gasteiger partial charge in [0, 0.05) is 12.6 Å². The highest BCUT2D eigenvalue weighted by atomic mass is 16.6. The van der Waals surface area contributed by atoms with Crippen molar-refractivity contribution in [1.82, 2.24) is 10.2 Å². The summed E-state index contributed by atoms with van der Waals surface area (Å²) in [6.45, 7) is 3.18. The van der Waals surface area contributed by atoms with Crippen LogP contribution in [0.2, 0.25) is 0 Å². The molecule has 3 rings (SSSR count). The fraction of sp³-hybridized carbons (Fsp3) is 0.286. The van der Waals surface area contributed by atoms with Gasteiger partial charge in [-0.1, -0.05) is 0 Å². The van der Waals surface area contributed by atoms with Gasteiger partial charge in [0.25, 0.3) is 0 Å². The topological polar surface area (TPSA) is 56.3 Å². The van der Waals surface area contributed by atoms with Gasteiger partial charge in [0.1, 0.15) is 13.2 Å². The van der Waals surface area contributed by atoms with E-state index in [0.29, 0.717) is 13.2 Å². The molecule has 0 amide bonds. The molecular formula is C14H15N3O2. The van der Waals surface area contributed by atoms with Crippen LogP contribution < -0.4 is 14.8 Å². The molecule has 2 aromatic rings. The molecule has 0 fully saturated rings. The first kappa shape index (κ1) is 11.8. The van der Waals surface area contributed by atoms with Crippen molar-refractivity contribution in [3.05, 3.63) is 29.8 Å². The minimum Gasteiger partial charge on any atom is -0.486 e. The van der Waals surface area contributed by atoms with Gasteiger partial charge in [-0.3, -0.25) is 0 Å². The summed E-state index contributed by atoms with van der Waals surface area (Å²) in [6.07, 6.45) is 0. The van der Waals surface area contributed by atoms with Crippen LogP contribution in [0.25, 0.3) is 11.3 Å². The summed E-state index contributed by atoms with van der Waals surface area (Å²) in [7, 11) is 1.83. The minimum atomic E-state index is 0.583. The molecule has 1 N–H and O–H groups in total. The van der Waals surface area contributed by atoms with E-state index in [0.717, 1.165) is 34.1 Å². The maximum absolute atomic E-state index is 5.58. The molecule has 0 saturated heterocycles. The van der Waals surface area contributed by atoms with Crippen LogP contribution in [0.15, 0.2) is 24.3 Å². The van der Waals surface area contributed by atoms with Crippen molar-refractivity contribution in [1.29, 1.82) is 0 Å². The highest BCUT2D eigenvalue weighted by Crippen LogP contribution is 2.34. The average molecular weight is 257 g/mol. The lowest BCUT2D eigenvalue weighted by Crippen LogP contribution is -2.15. The van der Waals surface area contributed by atoms with E-state index in [-0.39, 0.29) is 0 Å². The van der Waals surface area contributed by atoms with Crippen LogP contribution in [0, 0.1) is 6.92 Å². The molecule has 98 valence electrons. The summed E-state index contributed by atoms with van der Waals surface area (Å²) >= 11 is 0. The first-order valence-corrected chi connectivity index (χ1v) is 6.20. The number of ether oxygens (including phenoxy) is 2. The number of benzene rings is 1. The Labute approximate surface area is 111 Å². The predicted molar refractivity (Wildman–Crippen MR) is 72.7 cm³/mol. The molecule has 0 unspecified atom stereocenters. The molecule has 0 atom stereocenters. The average Bonchev–Trinajstić information content (AvgIpc) is 2.46. The number of hydrogen-bond acceptors (Lipinski definition) is 5. The van der Waals surface area contributed by atoms with Crippen LogP contribution in [0.1, 0.15) is 5.56 Å². The van der Waals surface area contributed by atoms with Crippen LogP contribution in [0.3, 0.4) is 0 Å². The summed E-state index contributed by atoms with van der Waals surface area (Å²) in [4.78, 5) is 0. The Morgan fingerprint density at radius 2 is 1.84 bits per heavy atom. The number of aromatic nitrogens is 2. The van der Waals surface area contributed by atoms with Crippen molar-refractivity contribution in [2.24, 2.45) is 0 Å². The number of hydrogen-bond donors (Lipinski definition) is 1. The van der Waals surface area contributed by atoms with Crippen LogP contribution in [0.5, 0.6) is 11.5 Å². The number of anilines is 1. The lowest BCUT2D eigenvalue weighted by atomic mass is 10.1. The molecule has 0 saturated carbocycles. The minimum absolute atomic E-state index is 0.583. The third-order valence-corrected chi connectivity index (χ3v) is 3.06. The molecule has 0 radical (unpaired) electrons. The van der Waals surface area contributed by atoms with Crippen molar-refractivity contribution < 1.29 is 9.47 Å². The van der Waals surface area contributed by atoms with Crippen molar-refractivity contribution in [3.63, 3.8) is 0 Å². The second-order valence-electron chi connectivity index (χ2n) is 4.37. The van der Waals surface area contributed by atoms with Crippen molar-refractivity contribution in [2.45, 2.75) is 6.92 Å². The largest absolute Gasteiger partial charge is 0.486 e. The Bertz CT molecular complexity index is 614. The first-order chi connectivity index (χ1) is 9.28. The smallest absolute Gasteiger partial charge is 0.162 e. The van der Waals surface area contributed by atoms with Crippen LogP contribution in [0.4, 0.5) is 5.82 Å². The number of rotatable bonds is 2. The van der Waals surface area contributed by atoms with Gasteiger partial charge < -0.3 is 14.8 Å². The number of fused-ring (bicyclic) bond motifs is 1. The maximum Gasteiger partial charge on any atom is 0.162 e. The second-order valence-corrected chi connectivity index (χ2v) is 4.37. The third kappa shape index (κ3) is 2.19. The van der Waals surface area contributed by atoms with Gasteiger partial charge in [0.05, 0.1) is 5.69 Å². The zero-order chi connectivity index (χ0) is 13.2. The zero-order valence-electron chi connectivity index (χ0n) is 10.9. The number of nitrogens with zero attached hydrogens (tertiary/aromatic N) is 2. The number of aryl methyl sites for hydroxylation is 1. The first-order valence-electron chi connectivity index (χ1n) is 6.20. The van der Waals surface area contributed by atoms with E-state index < -0.39 is 0 Å². The molecule has 19 heavy (non-hydrogen) atoms. The van der Waals surface area contributed by atoms with Gasteiger partial charge in [-0.2, -0.15) is 0 Å². The standard InChI is InChI=1S/C14H15N3O2/c1-9-7-11(16-17-14(9)15-2)10-3-4-12-13(8-10)19-6-5-18-12/h3-4,7-8H,5-6H2,1-2H3,(H,15,17). The van der Waals surface area contributed by atoms with Crippen molar-refractivity contribution >= 4 is 5.82 Å². The molecular weight excluding hydrogens is 242 g/mol. The Morgan fingerprint density at radius 1 is 1.05 bits per heavy atom. The SMILES string of the molecule is CNc1nnc(-c2ccc3c(c2)OCCO3)cc1C. The van der Waals surface area contributed by atoms with E-state index in [9.17, 15) is 0 Å². The van der Waals surface area contributed by atoms with Gasteiger partial charge in [0.15, 0.2) is 17.3 Å². The molecule has 1 aromatic heterocycles. The summed E-state index contributed by atoms with van der Waals surface area (Å²) in [6, 6.07) is 7.82. The van der Waals surface area contributed by atoms with Crippen LogP contribution in [-0.4, -0.2) is 30.5 Å². The van der Waals surface area contributed by atoms with E-state index >= 15 is 0 Å². The molecule has 0 bridgehead atoms. The highest BCUT2D eigenvalue weighted by Gasteiger charge is 2.13. The van der Waals surface area contributed by atoms with Gasteiger partial charge in [-0.25, -0.2) is 0 Å². The van der Waals surface area contributed by atoms with Gasteiger partial charge in [-0.05, 0) is 36.8 Å². The van der Waals surface area contributed by atoms with Gasteiger partial charge in [-0.15, -0.1) is 10.2 Å². The lowest BCUT2D eigenvalue weighted by molar-refractivity contribution is 0.171. The van der Waals surface area contributed by atoms with Crippen LogP contribution in [-0.2, 0) is 0 Å². The molecule has 5 heteroatoms. The highest BCUT2D eigenvalue weighted by molar-refractivity contribution is 5.65. The van der Waals surface area contributed by atoms with E-state index in [2.05, 4.69) is 15.5 Å². The quantitative estimate of drug-likeness (QED) is 0.894. The van der Waals surface area contributed by atoms with E-state index in [4.69, 9.17) is 9.47 Å². The summed E-state index contributed by atoms with van der Waals surface area (Å²) < 4.78 is 11.1. The van der Waals surface area contributed by atoms with Crippen molar-refractivity contribution in [2.75, 3.05) is 25.6 Å². The Morgan fingerprint density at radius 3 is 2.58 bits per heavy atom. The van der Waals surface area contributed by atoms with Crippen LogP contribution >= 0.6 is 0 Å². The molecule has 0 spiro atoms. The Kier molecular flexibility index (Phi) is 2.95. The van der Waals surface area contributed by atoms with Crippen molar-refractivity contribution in [3.8, 4) is 22.8 Å². The Balaban J connectivity index is 2.00. The summed E-state index contributed by atoms with van der Waals surface area (Å²) in [5, 5.41) is 11.4. The molecule has 0 aliphatic carbocycles. The molecule has 5 nitrogen and oxygen atoms in total. The van der Waals surface area contributed by atoms with E-state index in [1.807, 2.05) is 38.2 Å². The Hall–Kier alpha value is -2.30. The third-order valence-electron chi connectivity index (χ3n) is 3.06. The second kappa shape index (κ2) is 4.76. The molecule has 1 aromatic carbocycles. The molecule has 1 aliphatic rings. The zero-order valence-corrected chi connectivity index (χ0v) is 10.9. The van der Waals surface area contributed by atoms with Gasteiger partial charge in [0.2, 0.25) is 0 Å². The lowest BCUT2D eigenvalue weighted by Gasteiger charge is -2.18. The van der Waals surface area contributed by atoms with Gasteiger partial charge >= 0.3 is 0 Å².